The summed E-state index contributed by atoms with van der Waals surface area (Å²) in [5.41, 5.74) is 2.72. The van der Waals surface area contributed by atoms with Crippen molar-refractivity contribution < 1.29 is 0 Å². The monoisotopic (exact) mass is 215 g/mol. The molecule has 1 atom stereocenters. The number of benzene rings is 1. The smallest absolute Gasteiger partial charge is 0.0481 e. The molecule has 16 heavy (non-hydrogen) atoms. The zero-order valence-electron chi connectivity index (χ0n) is 9.53. The van der Waals surface area contributed by atoms with Crippen LogP contribution in [0.15, 0.2) is 30.5 Å². The van der Waals surface area contributed by atoms with Crippen LogP contribution in [0, 0.1) is 0 Å². The van der Waals surface area contributed by atoms with Gasteiger partial charge in [-0.05, 0) is 11.6 Å². The van der Waals surface area contributed by atoms with Gasteiger partial charge in [-0.3, -0.25) is 0 Å². The van der Waals surface area contributed by atoms with Gasteiger partial charge < -0.3 is 15.2 Å². The molecule has 0 aliphatic carbocycles. The van der Waals surface area contributed by atoms with Gasteiger partial charge in [-0.25, -0.2) is 0 Å². The molecular formula is C13H17N3. The summed E-state index contributed by atoms with van der Waals surface area (Å²) in [6.45, 7) is 3.14. The van der Waals surface area contributed by atoms with Gasteiger partial charge in [0.1, 0.15) is 0 Å². The van der Waals surface area contributed by atoms with Crippen LogP contribution in [-0.4, -0.2) is 24.2 Å². The number of para-hydroxylation sites is 1. The first-order valence-corrected chi connectivity index (χ1v) is 5.84. The minimum absolute atomic E-state index is 0.444. The van der Waals surface area contributed by atoms with Gasteiger partial charge in [-0.1, -0.05) is 18.2 Å². The summed E-state index contributed by atoms with van der Waals surface area (Å²) in [6.07, 6.45) is 2.25. The van der Waals surface area contributed by atoms with Crippen molar-refractivity contribution in [2.75, 3.05) is 19.6 Å². The van der Waals surface area contributed by atoms with Gasteiger partial charge in [0.05, 0.1) is 0 Å². The van der Waals surface area contributed by atoms with Crippen molar-refractivity contribution in [2.45, 2.75) is 6.04 Å². The third-order valence-electron chi connectivity index (χ3n) is 3.34. The maximum absolute atomic E-state index is 3.57. The summed E-state index contributed by atoms with van der Waals surface area (Å²) in [6, 6.07) is 9.04. The molecule has 0 amide bonds. The zero-order valence-corrected chi connectivity index (χ0v) is 9.53. The third-order valence-corrected chi connectivity index (χ3v) is 3.34. The summed E-state index contributed by atoms with van der Waals surface area (Å²) in [5, 5.41) is 8.37. The Bertz CT molecular complexity index is 495. The minimum Gasteiger partial charge on any atom is -0.350 e. The van der Waals surface area contributed by atoms with Gasteiger partial charge in [0, 0.05) is 49.8 Å². The van der Waals surface area contributed by atoms with Crippen molar-refractivity contribution in [1.82, 2.24) is 15.2 Å². The van der Waals surface area contributed by atoms with E-state index in [1.54, 1.807) is 0 Å². The Labute approximate surface area is 95.5 Å². The highest BCUT2D eigenvalue weighted by molar-refractivity contribution is 5.84. The molecule has 0 saturated carbocycles. The number of hydrogen-bond acceptors (Lipinski definition) is 2. The molecule has 1 aliphatic rings. The predicted molar refractivity (Wildman–Crippen MR) is 66.5 cm³/mol. The van der Waals surface area contributed by atoms with E-state index in [1.165, 1.54) is 16.5 Å². The fourth-order valence-corrected chi connectivity index (χ4v) is 2.52. The molecule has 3 rings (SSSR count). The van der Waals surface area contributed by atoms with Crippen molar-refractivity contribution in [1.29, 1.82) is 0 Å². The van der Waals surface area contributed by atoms with Crippen molar-refractivity contribution in [3.63, 3.8) is 0 Å². The predicted octanol–water partition coefficient (Wildman–Crippen LogP) is 1.41. The number of aromatic nitrogens is 1. The molecule has 1 aromatic heterocycles. The Kier molecular flexibility index (Phi) is 2.42. The first-order chi connectivity index (χ1) is 7.86. The molecule has 0 radical (unpaired) electrons. The van der Waals surface area contributed by atoms with Crippen LogP contribution in [0.2, 0.25) is 0 Å². The van der Waals surface area contributed by atoms with E-state index in [4.69, 9.17) is 0 Å². The summed E-state index contributed by atoms with van der Waals surface area (Å²) in [4.78, 5) is 0. The fraction of sp³-hybridized carbons (Fsp3) is 0.385. The molecule has 3 heteroatoms. The number of aryl methyl sites for hydroxylation is 1. The Balaban J connectivity index is 2.08. The molecule has 2 N–H and O–H groups in total. The molecule has 3 nitrogen and oxygen atoms in total. The number of fused-ring (bicyclic) bond motifs is 1. The second-order valence-electron chi connectivity index (χ2n) is 4.42. The van der Waals surface area contributed by atoms with Crippen LogP contribution in [-0.2, 0) is 7.05 Å². The molecule has 2 aromatic rings. The summed E-state index contributed by atoms with van der Waals surface area (Å²) in [7, 11) is 2.11. The van der Waals surface area contributed by atoms with Gasteiger partial charge in [0.15, 0.2) is 0 Å². The van der Waals surface area contributed by atoms with Gasteiger partial charge in [0.25, 0.3) is 0 Å². The van der Waals surface area contributed by atoms with E-state index in [9.17, 15) is 0 Å². The van der Waals surface area contributed by atoms with E-state index in [0.717, 1.165) is 19.6 Å². The van der Waals surface area contributed by atoms with Crippen LogP contribution in [0.4, 0.5) is 0 Å². The van der Waals surface area contributed by atoms with Crippen molar-refractivity contribution in [2.24, 2.45) is 7.05 Å². The van der Waals surface area contributed by atoms with E-state index in [-0.39, 0.29) is 0 Å². The van der Waals surface area contributed by atoms with Gasteiger partial charge in [-0.15, -0.1) is 0 Å². The fourth-order valence-electron chi connectivity index (χ4n) is 2.52. The second-order valence-corrected chi connectivity index (χ2v) is 4.42. The SMILES string of the molecule is Cn1cc([C@@H]2CNCCN2)c2ccccc21. The number of piperazine rings is 1. The summed E-state index contributed by atoms with van der Waals surface area (Å²) >= 11 is 0. The van der Waals surface area contributed by atoms with Crippen LogP contribution >= 0.6 is 0 Å². The topological polar surface area (TPSA) is 29.0 Å². The molecule has 0 bridgehead atoms. The highest BCUT2D eigenvalue weighted by Crippen LogP contribution is 2.26. The lowest BCUT2D eigenvalue weighted by Gasteiger charge is -2.24. The van der Waals surface area contributed by atoms with Gasteiger partial charge >= 0.3 is 0 Å². The normalized spacial score (nSPS) is 21.4. The lowest BCUT2D eigenvalue weighted by molar-refractivity contribution is 0.431. The lowest BCUT2D eigenvalue weighted by atomic mass is 10.0. The quantitative estimate of drug-likeness (QED) is 0.753. The van der Waals surface area contributed by atoms with Gasteiger partial charge in [0.2, 0.25) is 0 Å². The van der Waals surface area contributed by atoms with E-state index in [0.29, 0.717) is 6.04 Å². The van der Waals surface area contributed by atoms with E-state index >= 15 is 0 Å². The molecule has 2 heterocycles. The third kappa shape index (κ3) is 1.52. The van der Waals surface area contributed by atoms with E-state index < -0.39 is 0 Å². The second kappa shape index (κ2) is 3.92. The van der Waals surface area contributed by atoms with Gasteiger partial charge in [-0.2, -0.15) is 0 Å². The molecule has 0 unspecified atom stereocenters. The molecular weight excluding hydrogens is 198 g/mol. The highest BCUT2D eigenvalue weighted by Gasteiger charge is 2.18. The van der Waals surface area contributed by atoms with Crippen molar-refractivity contribution >= 4 is 10.9 Å². The minimum atomic E-state index is 0.444. The number of rotatable bonds is 1. The Morgan fingerprint density at radius 2 is 2.12 bits per heavy atom. The molecule has 1 aliphatic heterocycles. The van der Waals surface area contributed by atoms with Crippen molar-refractivity contribution in [3.8, 4) is 0 Å². The van der Waals surface area contributed by atoms with Crippen LogP contribution in [0.25, 0.3) is 10.9 Å². The Morgan fingerprint density at radius 3 is 2.94 bits per heavy atom. The van der Waals surface area contributed by atoms with Crippen LogP contribution in [0.1, 0.15) is 11.6 Å². The molecule has 0 spiro atoms. The number of hydrogen-bond donors (Lipinski definition) is 2. The Morgan fingerprint density at radius 1 is 1.25 bits per heavy atom. The molecule has 84 valence electrons. The van der Waals surface area contributed by atoms with Crippen LogP contribution in [0.3, 0.4) is 0 Å². The summed E-state index contributed by atoms with van der Waals surface area (Å²) in [5.74, 6) is 0. The molecule has 1 saturated heterocycles. The number of nitrogens with zero attached hydrogens (tertiary/aromatic N) is 1. The average Bonchev–Trinajstić information content (AvgIpc) is 2.69. The summed E-state index contributed by atoms with van der Waals surface area (Å²) < 4.78 is 2.21. The average molecular weight is 215 g/mol. The van der Waals surface area contributed by atoms with E-state index in [2.05, 4.69) is 52.7 Å². The standard InChI is InChI=1S/C13H17N3/c1-16-9-11(12-8-14-6-7-15-12)10-4-2-3-5-13(10)16/h2-5,9,12,14-15H,6-8H2,1H3/t12-/m0/s1. The molecule has 1 aromatic carbocycles. The lowest BCUT2D eigenvalue weighted by Crippen LogP contribution is -2.42. The van der Waals surface area contributed by atoms with E-state index in [1.807, 2.05) is 0 Å². The first-order valence-electron chi connectivity index (χ1n) is 5.84. The highest BCUT2D eigenvalue weighted by atomic mass is 15.1. The number of nitrogens with one attached hydrogen (secondary N) is 2. The van der Waals surface area contributed by atoms with Crippen LogP contribution < -0.4 is 10.6 Å². The maximum atomic E-state index is 3.57. The largest absolute Gasteiger partial charge is 0.350 e. The first kappa shape index (κ1) is 9.87. The van der Waals surface area contributed by atoms with Crippen molar-refractivity contribution in [3.05, 3.63) is 36.0 Å². The Hall–Kier alpha value is -1.32. The zero-order chi connectivity index (χ0) is 11.0. The molecule has 1 fully saturated rings. The maximum Gasteiger partial charge on any atom is 0.0481 e. The van der Waals surface area contributed by atoms with Crippen LogP contribution in [0.5, 0.6) is 0 Å².